The zero-order valence-corrected chi connectivity index (χ0v) is 6.10. The van der Waals surface area contributed by atoms with Gasteiger partial charge in [0.05, 0.1) is 5.38 Å². The lowest BCUT2D eigenvalue weighted by Crippen LogP contribution is -1.92. The van der Waals surface area contributed by atoms with Gasteiger partial charge in [-0.3, -0.25) is 0 Å². The summed E-state index contributed by atoms with van der Waals surface area (Å²) in [5.74, 6) is 0. The van der Waals surface area contributed by atoms with Gasteiger partial charge in [0, 0.05) is 0 Å². The molecule has 0 aromatic heterocycles. The van der Waals surface area contributed by atoms with Crippen molar-refractivity contribution >= 4 is 11.6 Å². The Balaban J connectivity index is 2.80. The molecule has 0 spiro atoms. The molecule has 1 aliphatic rings. The molecule has 0 saturated carbocycles. The van der Waals surface area contributed by atoms with Gasteiger partial charge in [-0.05, 0) is 6.92 Å². The summed E-state index contributed by atoms with van der Waals surface area (Å²) in [6.45, 7) is 2.03. The van der Waals surface area contributed by atoms with Crippen LogP contribution in [0.2, 0.25) is 0 Å². The Hall–Kier alpha value is -0.490. The fourth-order valence-electron chi connectivity index (χ4n) is 0.677. The summed E-state index contributed by atoms with van der Waals surface area (Å²) in [5, 5.41) is 0.0833. The number of hydrogen-bond acceptors (Lipinski definition) is 0. The molecule has 0 aromatic rings. The molecule has 0 fully saturated rings. The van der Waals surface area contributed by atoms with Crippen molar-refractivity contribution in [2.24, 2.45) is 0 Å². The van der Waals surface area contributed by atoms with E-state index in [4.69, 9.17) is 11.6 Å². The van der Waals surface area contributed by atoms with Gasteiger partial charge in [0.15, 0.2) is 0 Å². The third-order valence-corrected chi connectivity index (χ3v) is 1.79. The van der Waals surface area contributed by atoms with Crippen molar-refractivity contribution in [1.82, 2.24) is 0 Å². The van der Waals surface area contributed by atoms with E-state index in [-0.39, 0.29) is 5.38 Å². The maximum atomic E-state index is 5.88. The van der Waals surface area contributed by atoms with Crippen molar-refractivity contribution in [2.75, 3.05) is 0 Å². The van der Waals surface area contributed by atoms with Crippen LogP contribution in [0, 0.1) is 0 Å². The molecule has 1 unspecified atom stereocenters. The highest BCUT2D eigenvalue weighted by molar-refractivity contribution is 6.23. The Morgan fingerprint density at radius 3 is 2.89 bits per heavy atom. The minimum absolute atomic E-state index is 0.0833. The Labute approximate surface area is 60.5 Å². The molecule has 9 heavy (non-hydrogen) atoms. The lowest BCUT2D eigenvalue weighted by Gasteiger charge is -1.99. The third kappa shape index (κ3) is 1.72. The molecule has 0 N–H and O–H groups in total. The van der Waals surface area contributed by atoms with Crippen LogP contribution in [0.5, 0.6) is 0 Å². The van der Waals surface area contributed by atoms with Crippen molar-refractivity contribution in [3.8, 4) is 0 Å². The van der Waals surface area contributed by atoms with Crippen molar-refractivity contribution < 1.29 is 0 Å². The van der Waals surface area contributed by atoms with E-state index in [9.17, 15) is 0 Å². The predicted octanol–water partition coefficient (Wildman–Crippen LogP) is 2.67. The molecule has 0 saturated heterocycles. The highest BCUT2D eigenvalue weighted by Gasteiger charge is 2.00. The van der Waals surface area contributed by atoms with Gasteiger partial charge in [-0.25, -0.2) is 0 Å². The van der Waals surface area contributed by atoms with E-state index >= 15 is 0 Å². The van der Waals surface area contributed by atoms with Gasteiger partial charge in [-0.15, -0.1) is 11.6 Å². The molecule has 0 aromatic carbocycles. The van der Waals surface area contributed by atoms with Crippen molar-refractivity contribution in [1.29, 1.82) is 0 Å². The van der Waals surface area contributed by atoms with Crippen molar-refractivity contribution in [3.63, 3.8) is 0 Å². The molecular formula is C8H9Cl. The van der Waals surface area contributed by atoms with E-state index < -0.39 is 0 Å². The molecule has 1 aliphatic carbocycles. The number of allylic oxidation sites excluding steroid dienone is 6. The van der Waals surface area contributed by atoms with Crippen LogP contribution in [0.15, 0.2) is 36.0 Å². The molecular weight excluding hydrogens is 132 g/mol. The average molecular weight is 141 g/mol. The van der Waals surface area contributed by atoms with E-state index in [1.165, 1.54) is 5.57 Å². The summed E-state index contributed by atoms with van der Waals surface area (Å²) in [6, 6.07) is 0. The fraction of sp³-hybridized carbons (Fsp3) is 0.250. The highest BCUT2D eigenvalue weighted by Crippen LogP contribution is 2.12. The van der Waals surface area contributed by atoms with Crippen LogP contribution in [0.4, 0.5) is 0 Å². The van der Waals surface area contributed by atoms with Gasteiger partial charge >= 0.3 is 0 Å². The van der Waals surface area contributed by atoms with Crippen LogP contribution in [-0.2, 0) is 0 Å². The first-order valence-electron chi connectivity index (χ1n) is 2.96. The van der Waals surface area contributed by atoms with Crippen LogP contribution < -0.4 is 0 Å². The number of rotatable bonds is 0. The molecule has 0 bridgehead atoms. The second kappa shape index (κ2) is 2.88. The van der Waals surface area contributed by atoms with Gasteiger partial charge in [0.2, 0.25) is 0 Å². The van der Waals surface area contributed by atoms with Crippen LogP contribution in [0.3, 0.4) is 0 Å². The van der Waals surface area contributed by atoms with Crippen LogP contribution in [-0.4, -0.2) is 5.38 Å². The molecule has 0 nitrogen and oxygen atoms in total. The van der Waals surface area contributed by atoms with Gasteiger partial charge in [0.1, 0.15) is 0 Å². The molecule has 48 valence electrons. The Kier molecular flexibility index (Phi) is 2.12. The van der Waals surface area contributed by atoms with Crippen LogP contribution >= 0.6 is 11.6 Å². The van der Waals surface area contributed by atoms with E-state index in [0.717, 1.165) is 0 Å². The SMILES string of the molecule is CC1=CC=CC=CC1Cl. The zero-order chi connectivity index (χ0) is 6.69. The minimum atomic E-state index is 0.0833. The fourth-order valence-corrected chi connectivity index (χ4v) is 0.834. The second-order valence-corrected chi connectivity index (χ2v) is 2.55. The summed E-state index contributed by atoms with van der Waals surface area (Å²) < 4.78 is 0. The molecule has 0 heterocycles. The molecule has 1 heteroatoms. The standard InChI is InChI=1S/C8H9Cl/c1-7-5-3-2-4-6-8(7)9/h2-6,8H,1H3. The Bertz CT molecular complexity index is 175. The number of halogens is 1. The van der Waals surface area contributed by atoms with E-state index in [0.29, 0.717) is 0 Å². The molecule has 1 atom stereocenters. The predicted molar refractivity (Wildman–Crippen MR) is 41.7 cm³/mol. The largest absolute Gasteiger partial charge is 0.114 e. The van der Waals surface area contributed by atoms with Crippen molar-refractivity contribution in [3.05, 3.63) is 36.0 Å². The average Bonchev–Trinajstić information content (AvgIpc) is 1.99. The molecule has 0 radical (unpaired) electrons. The van der Waals surface area contributed by atoms with Crippen molar-refractivity contribution in [2.45, 2.75) is 12.3 Å². The molecule has 1 rings (SSSR count). The first-order valence-corrected chi connectivity index (χ1v) is 3.40. The van der Waals surface area contributed by atoms with Gasteiger partial charge in [0.25, 0.3) is 0 Å². The maximum absolute atomic E-state index is 5.88. The maximum Gasteiger partial charge on any atom is 0.0729 e. The molecule has 0 aliphatic heterocycles. The topological polar surface area (TPSA) is 0 Å². The lowest BCUT2D eigenvalue weighted by atomic mass is 10.2. The Morgan fingerprint density at radius 2 is 2.11 bits per heavy atom. The summed E-state index contributed by atoms with van der Waals surface area (Å²) in [4.78, 5) is 0. The quantitative estimate of drug-likeness (QED) is 0.454. The first-order chi connectivity index (χ1) is 4.30. The minimum Gasteiger partial charge on any atom is -0.114 e. The number of alkyl halides is 1. The third-order valence-electron chi connectivity index (χ3n) is 1.30. The van der Waals surface area contributed by atoms with Gasteiger partial charge < -0.3 is 0 Å². The zero-order valence-electron chi connectivity index (χ0n) is 5.34. The number of hydrogen-bond donors (Lipinski definition) is 0. The van der Waals surface area contributed by atoms with Crippen LogP contribution in [0.1, 0.15) is 6.92 Å². The lowest BCUT2D eigenvalue weighted by molar-refractivity contribution is 1.22. The normalized spacial score (nSPS) is 25.6. The van der Waals surface area contributed by atoms with Gasteiger partial charge in [-0.2, -0.15) is 0 Å². The van der Waals surface area contributed by atoms with E-state index in [2.05, 4.69) is 0 Å². The highest BCUT2D eigenvalue weighted by atomic mass is 35.5. The summed E-state index contributed by atoms with van der Waals surface area (Å²) in [7, 11) is 0. The van der Waals surface area contributed by atoms with Crippen LogP contribution in [0.25, 0.3) is 0 Å². The Morgan fingerprint density at radius 1 is 1.33 bits per heavy atom. The summed E-state index contributed by atoms with van der Waals surface area (Å²) in [5.41, 5.74) is 1.20. The second-order valence-electron chi connectivity index (χ2n) is 2.08. The van der Waals surface area contributed by atoms with E-state index in [1.54, 1.807) is 0 Å². The smallest absolute Gasteiger partial charge is 0.0729 e. The molecule has 0 amide bonds. The monoisotopic (exact) mass is 140 g/mol. The summed E-state index contributed by atoms with van der Waals surface area (Å²) >= 11 is 5.88. The van der Waals surface area contributed by atoms with E-state index in [1.807, 2.05) is 37.3 Å². The van der Waals surface area contributed by atoms with Gasteiger partial charge in [-0.1, -0.05) is 36.0 Å². The summed E-state index contributed by atoms with van der Waals surface area (Å²) in [6.07, 6.45) is 9.93. The first kappa shape index (κ1) is 6.63.